The largest absolute Gasteiger partial charge is 0.458 e. The van der Waals surface area contributed by atoms with Gasteiger partial charge >= 0.3 is 5.97 Å². The Balaban J connectivity index is 2.45. The number of rotatable bonds is 6. The molecule has 1 saturated carbocycles. The van der Waals surface area contributed by atoms with Gasteiger partial charge in [-0.2, -0.15) is 0 Å². The van der Waals surface area contributed by atoms with E-state index in [1.807, 2.05) is 0 Å². The summed E-state index contributed by atoms with van der Waals surface area (Å²) >= 11 is 0. The van der Waals surface area contributed by atoms with Crippen LogP contribution < -0.4 is 0 Å². The Morgan fingerprint density at radius 2 is 1.43 bits per heavy atom. The Kier molecular flexibility index (Phi) is 7.76. The van der Waals surface area contributed by atoms with Crippen molar-refractivity contribution in [1.82, 2.24) is 0 Å². The van der Waals surface area contributed by atoms with E-state index in [0.29, 0.717) is 35.5 Å². The smallest absolute Gasteiger partial charge is 0.338 e. The van der Waals surface area contributed by atoms with Gasteiger partial charge in [0.2, 0.25) is 0 Å². The fourth-order valence-corrected chi connectivity index (χ4v) is 4.64. The van der Waals surface area contributed by atoms with E-state index in [0.717, 1.165) is 29.5 Å². The lowest BCUT2D eigenvalue weighted by molar-refractivity contribution is -0.0176. The number of esters is 1. The molecule has 2 nitrogen and oxygen atoms in total. The number of hydrogen-bond donors (Lipinski definition) is 0. The topological polar surface area (TPSA) is 26.3 Å². The Morgan fingerprint density at radius 1 is 0.893 bits per heavy atom. The minimum absolute atomic E-state index is 0.0426. The van der Waals surface area contributed by atoms with Crippen molar-refractivity contribution in [1.29, 1.82) is 0 Å². The van der Waals surface area contributed by atoms with Crippen molar-refractivity contribution < 1.29 is 9.53 Å². The summed E-state index contributed by atoms with van der Waals surface area (Å²) in [6.45, 7) is 20.0. The van der Waals surface area contributed by atoms with Crippen LogP contribution in [0.2, 0.25) is 0 Å². The monoisotopic (exact) mass is 386 g/mol. The molecule has 0 N–H and O–H groups in total. The Bertz CT molecular complexity index is 640. The molecule has 0 aromatic heterocycles. The summed E-state index contributed by atoms with van der Waals surface area (Å²) in [5.74, 6) is 2.58. The molecule has 28 heavy (non-hydrogen) atoms. The van der Waals surface area contributed by atoms with Crippen LogP contribution in [0, 0.1) is 17.8 Å². The molecule has 0 aliphatic heterocycles. The fourth-order valence-electron chi connectivity index (χ4n) is 4.64. The zero-order chi connectivity index (χ0) is 21.2. The van der Waals surface area contributed by atoms with Crippen molar-refractivity contribution in [2.24, 2.45) is 17.8 Å². The Morgan fingerprint density at radius 3 is 1.86 bits per heavy atom. The van der Waals surface area contributed by atoms with Crippen molar-refractivity contribution in [2.45, 2.75) is 105 Å². The second-order valence-electron chi connectivity index (χ2n) is 10.3. The summed E-state index contributed by atoms with van der Waals surface area (Å²) in [6.07, 6.45) is 3.44. The van der Waals surface area contributed by atoms with Gasteiger partial charge in [-0.15, -0.1) is 0 Å². The highest BCUT2D eigenvalue weighted by Crippen LogP contribution is 2.37. The second-order valence-corrected chi connectivity index (χ2v) is 10.3. The van der Waals surface area contributed by atoms with Crippen molar-refractivity contribution in [3.8, 4) is 0 Å². The summed E-state index contributed by atoms with van der Waals surface area (Å²) in [5, 5.41) is 0. The summed E-state index contributed by atoms with van der Waals surface area (Å²) in [7, 11) is 0. The van der Waals surface area contributed by atoms with E-state index in [1.54, 1.807) is 0 Å². The highest BCUT2D eigenvalue weighted by atomic mass is 16.5. The van der Waals surface area contributed by atoms with Crippen LogP contribution in [0.5, 0.6) is 0 Å². The van der Waals surface area contributed by atoms with Gasteiger partial charge in [0.25, 0.3) is 0 Å². The number of carbonyl (C=O) groups excluding carboxylic acids is 1. The molecule has 0 saturated heterocycles. The van der Waals surface area contributed by atoms with Gasteiger partial charge in [-0.05, 0) is 65.0 Å². The molecular weight excluding hydrogens is 344 g/mol. The molecule has 158 valence electrons. The van der Waals surface area contributed by atoms with E-state index in [1.165, 1.54) is 12.0 Å². The van der Waals surface area contributed by atoms with E-state index >= 15 is 0 Å². The first kappa shape index (κ1) is 23.0. The quantitative estimate of drug-likeness (QED) is 0.469. The van der Waals surface area contributed by atoms with Crippen LogP contribution in [0.1, 0.15) is 126 Å². The molecule has 1 aliphatic carbocycles. The lowest BCUT2D eigenvalue weighted by Gasteiger charge is -2.37. The minimum atomic E-state index is -0.104. The Hall–Kier alpha value is -1.31. The van der Waals surface area contributed by atoms with E-state index in [-0.39, 0.29) is 12.1 Å². The van der Waals surface area contributed by atoms with E-state index in [4.69, 9.17) is 4.74 Å². The van der Waals surface area contributed by atoms with Crippen molar-refractivity contribution >= 4 is 5.97 Å². The second kappa shape index (κ2) is 9.46. The van der Waals surface area contributed by atoms with Crippen LogP contribution in [0.15, 0.2) is 12.1 Å². The number of ether oxygens (including phenoxy) is 1. The van der Waals surface area contributed by atoms with Gasteiger partial charge in [0.1, 0.15) is 6.10 Å². The van der Waals surface area contributed by atoms with Crippen LogP contribution >= 0.6 is 0 Å². The maximum Gasteiger partial charge on any atom is 0.338 e. The van der Waals surface area contributed by atoms with Gasteiger partial charge in [-0.3, -0.25) is 0 Å². The summed E-state index contributed by atoms with van der Waals surface area (Å²) < 4.78 is 6.26. The predicted molar refractivity (Wildman–Crippen MR) is 119 cm³/mol. The van der Waals surface area contributed by atoms with Crippen LogP contribution in [0.25, 0.3) is 0 Å². The molecule has 1 aromatic carbocycles. The maximum atomic E-state index is 13.5. The molecule has 1 aromatic rings. The van der Waals surface area contributed by atoms with E-state index in [9.17, 15) is 4.79 Å². The molecule has 2 heteroatoms. The normalized spacial score (nSPS) is 23.1. The van der Waals surface area contributed by atoms with Gasteiger partial charge in [-0.1, -0.05) is 80.9 Å². The number of hydrogen-bond acceptors (Lipinski definition) is 2. The fraction of sp³-hybridized carbons (Fsp3) is 0.731. The summed E-state index contributed by atoms with van der Waals surface area (Å²) in [6, 6.07) is 4.47. The molecule has 1 fully saturated rings. The Labute approximate surface area is 173 Å². The predicted octanol–water partition coefficient (Wildman–Crippen LogP) is 7.67. The molecule has 0 bridgehead atoms. The zero-order valence-electron chi connectivity index (χ0n) is 19.6. The lowest BCUT2D eigenvalue weighted by atomic mass is 9.75. The first-order chi connectivity index (χ1) is 13.0. The van der Waals surface area contributed by atoms with E-state index < -0.39 is 0 Å². The van der Waals surface area contributed by atoms with Crippen molar-refractivity contribution in [3.05, 3.63) is 34.4 Å². The van der Waals surface area contributed by atoms with Gasteiger partial charge in [0.05, 0.1) is 5.56 Å². The van der Waals surface area contributed by atoms with Crippen LogP contribution in [-0.2, 0) is 4.74 Å². The first-order valence-corrected chi connectivity index (χ1v) is 11.4. The third-order valence-electron chi connectivity index (χ3n) is 6.56. The number of carbonyl (C=O) groups is 1. The first-order valence-electron chi connectivity index (χ1n) is 11.4. The molecule has 0 spiro atoms. The molecule has 0 radical (unpaired) electrons. The minimum Gasteiger partial charge on any atom is -0.458 e. The van der Waals surface area contributed by atoms with Crippen LogP contribution in [-0.4, -0.2) is 12.1 Å². The summed E-state index contributed by atoms with van der Waals surface area (Å²) in [5.41, 5.74) is 4.43. The van der Waals surface area contributed by atoms with Crippen LogP contribution in [0.3, 0.4) is 0 Å². The molecule has 0 amide bonds. The molecule has 3 atom stereocenters. The summed E-state index contributed by atoms with van der Waals surface area (Å²) in [4.78, 5) is 13.5. The SMILES string of the molecule is CC1CCC(C(C)C)C(OC(=O)c2c(C(C)C)cc(C(C)C)cc2C(C)C)C1. The third-order valence-corrected chi connectivity index (χ3v) is 6.56. The third kappa shape index (κ3) is 5.19. The van der Waals surface area contributed by atoms with Crippen LogP contribution in [0.4, 0.5) is 0 Å². The molecule has 2 rings (SSSR count). The lowest BCUT2D eigenvalue weighted by Crippen LogP contribution is -2.36. The standard InChI is InChI=1S/C26H42O2/c1-15(2)20-13-22(17(5)6)25(23(14-20)18(7)8)26(27)28-24-12-19(9)10-11-21(24)16(3)4/h13-19,21,24H,10-12H2,1-9H3. The van der Waals surface area contributed by atoms with Crippen molar-refractivity contribution in [3.63, 3.8) is 0 Å². The molecule has 1 aliphatic rings. The number of benzene rings is 1. The molecule has 3 unspecified atom stereocenters. The average molecular weight is 387 g/mol. The van der Waals surface area contributed by atoms with Crippen molar-refractivity contribution in [2.75, 3.05) is 0 Å². The van der Waals surface area contributed by atoms with Gasteiger partial charge in [0.15, 0.2) is 0 Å². The van der Waals surface area contributed by atoms with Gasteiger partial charge in [0, 0.05) is 0 Å². The highest BCUT2D eigenvalue weighted by molar-refractivity contribution is 5.93. The average Bonchev–Trinajstić information content (AvgIpc) is 2.59. The highest BCUT2D eigenvalue weighted by Gasteiger charge is 2.35. The molecule has 0 heterocycles. The van der Waals surface area contributed by atoms with Gasteiger partial charge in [-0.25, -0.2) is 4.79 Å². The molecular formula is C26H42O2. The van der Waals surface area contributed by atoms with Gasteiger partial charge < -0.3 is 4.74 Å². The van der Waals surface area contributed by atoms with E-state index in [2.05, 4.69) is 74.4 Å². The zero-order valence-corrected chi connectivity index (χ0v) is 19.6. The maximum absolute atomic E-state index is 13.5.